The number of unbranched alkanes of at least 4 members (excludes halogenated alkanes) is 1. The molecule has 6 heteroatoms. The molecule has 1 aromatic rings. The summed E-state index contributed by atoms with van der Waals surface area (Å²) in [7, 11) is -3.32. The lowest BCUT2D eigenvalue weighted by molar-refractivity contribution is -0.126. The van der Waals surface area contributed by atoms with Crippen molar-refractivity contribution in [1.82, 2.24) is 9.62 Å². The number of nitrogens with one attached hydrogen (secondary N) is 1. The van der Waals surface area contributed by atoms with E-state index >= 15 is 0 Å². The summed E-state index contributed by atoms with van der Waals surface area (Å²) in [5.41, 5.74) is 0.801. The molecule has 0 spiro atoms. The Labute approximate surface area is 164 Å². The molecule has 1 fully saturated rings. The minimum absolute atomic E-state index is 0.0281. The first-order valence-corrected chi connectivity index (χ1v) is 11.9. The molecule has 0 radical (unpaired) electrons. The van der Waals surface area contributed by atoms with Gasteiger partial charge in [0, 0.05) is 25.6 Å². The summed E-state index contributed by atoms with van der Waals surface area (Å²) in [6.45, 7) is 5.95. The number of carbonyl (C=O) groups excluding carboxylic acids is 1. The van der Waals surface area contributed by atoms with Gasteiger partial charge in [0.2, 0.25) is 15.9 Å². The molecule has 1 atom stereocenters. The Bertz CT molecular complexity index is 668. The van der Waals surface area contributed by atoms with E-state index in [1.54, 1.807) is 4.31 Å². The van der Waals surface area contributed by atoms with E-state index in [1.807, 2.05) is 30.3 Å². The highest BCUT2D eigenvalue weighted by Crippen LogP contribution is 2.22. The van der Waals surface area contributed by atoms with Gasteiger partial charge < -0.3 is 5.32 Å². The Morgan fingerprint density at radius 3 is 2.44 bits per heavy atom. The molecule has 1 N–H and O–H groups in total. The summed E-state index contributed by atoms with van der Waals surface area (Å²) in [5.74, 6) is 0.586. The van der Waals surface area contributed by atoms with Crippen molar-refractivity contribution in [2.45, 2.75) is 58.1 Å². The van der Waals surface area contributed by atoms with Crippen LogP contribution < -0.4 is 5.32 Å². The van der Waals surface area contributed by atoms with Crippen LogP contribution in [-0.2, 0) is 20.6 Å². The highest BCUT2D eigenvalue weighted by Gasteiger charge is 2.31. The average Bonchev–Trinajstić information content (AvgIpc) is 2.68. The molecular formula is C21H34N2O3S. The highest BCUT2D eigenvalue weighted by molar-refractivity contribution is 7.88. The third kappa shape index (κ3) is 6.92. The summed E-state index contributed by atoms with van der Waals surface area (Å²) in [6.07, 6.45) is 5.82. The van der Waals surface area contributed by atoms with E-state index in [9.17, 15) is 13.2 Å². The normalized spacial score (nSPS) is 17.6. The van der Waals surface area contributed by atoms with Gasteiger partial charge in [-0.25, -0.2) is 12.7 Å². The van der Waals surface area contributed by atoms with E-state index < -0.39 is 10.0 Å². The second-order valence-electron chi connectivity index (χ2n) is 7.58. The van der Waals surface area contributed by atoms with Crippen LogP contribution in [-0.4, -0.2) is 38.3 Å². The molecule has 1 amide bonds. The van der Waals surface area contributed by atoms with Gasteiger partial charge in [-0.05, 0) is 30.7 Å². The molecule has 27 heavy (non-hydrogen) atoms. The topological polar surface area (TPSA) is 66.5 Å². The van der Waals surface area contributed by atoms with Crippen molar-refractivity contribution in [1.29, 1.82) is 0 Å². The van der Waals surface area contributed by atoms with Crippen LogP contribution in [0, 0.1) is 11.8 Å². The number of rotatable bonds is 10. The molecule has 5 nitrogen and oxygen atoms in total. The van der Waals surface area contributed by atoms with Crippen molar-refractivity contribution in [2.24, 2.45) is 11.8 Å². The number of sulfonamides is 1. The third-order valence-corrected chi connectivity index (χ3v) is 7.37. The molecule has 1 aliphatic rings. The van der Waals surface area contributed by atoms with Crippen LogP contribution in [0.5, 0.6) is 0 Å². The molecule has 1 heterocycles. The van der Waals surface area contributed by atoms with E-state index in [0.717, 1.165) is 24.9 Å². The highest BCUT2D eigenvalue weighted by atomic mass is 32.2. The van der Waals surface area contributed by atoms with Crippen molar-refractivity contribution >= 4 is 15.9 Å². The Morgan fingerprint density at radius 2 is 1.85 bits per heavy atom. The molecule has 0 aliphatic carbocycles. The van der Waals surface area contributed by atoms with E-state index in [1.165, 1.54) is 12.8 Å². The summed E-state index contributed by atoms with van der Waals surface area (Å²) in [4.78, 5) is 12.5. The standard InChI is InChI=1S/C21H34N2O3S/c1-3-5-9-18(4-2)16-22-21(24)20-12-14-23(15-13-20)27(25,26)17-19-10-7-6-8-11-19/h6-8,10-11,18,20H,3-5,9,12-17H2,1-2H3,(H,22,24)/t18-/m0/s1. The van der Waals surface area contributed by atoms with Crippen LogP contribution in [0.2, 0.25) is 0 Å². The summed E-state index contributed by atoms with van der Waals surface area (Å²) in [5, 5.41) is 3.10. The molecule has 1 aliphatic heterocycles. The Kier molecular flexibility index (Phi) is 8.77. The van der Waals surface area contributed by atoms with Crippen molar-refractivity contribution in [3.63, 3.8) is 0 Å². The predicted molar refractivity (Wildman–Crippen MR) is 110 cm³/mol. The lowest BCUT2D eigenvalue weighted by Crippen LogP contribution is -2.44. The quantitative estimate of drug-likeness (QED) is 0.660. The van der Waals surface area contributed by atoms with Crippen molar-refractivity contribution in [3.05, 3.63) is 35.9 Å². The molecule has 152 valence electrons. The molecular weight excluding hydrogens is 360 g/mol. The summed E-state index contributed by atoms with van der Waals surface area (Å²) >= 11 is 0. The number of hydrogen-bond acceptors (Lipinski definition) is 3. The zero-order valence-corrected chi connectivity index (χ0v) is 17.5. The maximum absolute atomic E-state index is 12.6. The number of hydrogen-bond donors (Lipinski definition) is 1. The lowest BCUT2D eigenvalue weighted by atomic mass is 9.95. The zero-order valence-electron chi connectivity index (χ0n) is 16.7. The number of benzene rings is 1. The first kappa shape index (κ1) is 21.9. The first-order valence-electron chi connectivity index (χ1n) is 10.3. The van der Waals surface area contributed by atoms with Crippen LogP contribution >= 0.6 is 0 Å². The monoisotopic (exact) mass is 394 g/mol. The molecule has 0 unspecified atom stereocenters. The van der Waals surface area contributed by atoms with Crippen molar-refractivity contribution < 1.29 is 13.2 Å². The Hall–Kier alpha value is -1.40. The fraction of sp³-hybridized carbons (Fsp3) is 0.667. The van der Waals surface area contributed by atoms with Crippen LogP contribution in [0.3, 0.4) is 0 Å². The number of amides is 1. The molecule has 0 bridgehead atoms. The van der Waals surface area contributed by atoms with Crippen LogP contribution in [0.4, 0.5) is 0 Å². The van der Waals surface area contributed by atoms with E-state index in [-0.39, 0.29) is 17.6 Å². The third-order valence-electron chi connectivity index (χ3n) is 5.52. The Morgan fingerprint density at radius 1 is 1.19 bits per heavy atom. The van der Waals surface area contributed by atoms with E-state index in [0.29, 0.717) is 31.8 Å². The van der Waals surface area contributed by atoms with Gasteiger partial charge in [-0.2, -0.15) is 0 Å². The molecule has 0 aromatic heterocycles. The minimum atomic E-state index is -3.32. The minimum Gasteiger partial charge on any atom is -0.356 e. The number of carbonyl (C=O) groups is 1. The summed E-state index contributed by atoms with van der Waals surface area (Å²) in [6, 6.07) is 9.25. The maximum atomic E-state index is 12.6. The van der Waals surface area contributed by atoms with Gasteiger partial charge in [-0.15, -0.1) is 0 Å². The summed E-state index contributed by atoms with van der Waals surface area (Å²) < 4.78 is 26.8. The fourth-order valence-corrected chi connectivity index (χ4v) is 5.17. The molecule has 1 aromatic carbocycles. The number of piperidine rings is 1. The first-order chi connectivity index (χ1) is 13.0. The Balaban J connectivity index is 1.79. The molecule has 0 saturated carbocycles. The van der Waals surface area contributed by atoms with Gasteiger partial charge in [0.15, 0.2) is 0 Å². The van der Waals surface area contributed by atoms with Crippen LogP contribution in [0.25, 0.3) is 0 Å². The maximum Gasteiger partial charge on any atom is 0.223 e. The number of nitrogens with zero attached hydrogens (tertiary/aromatic N) is 1. The van der Waals surface area contributed by atoms with Crippen molar-refractivity contribution in [2.75, 3.05) is 19.6 Å². The SMILES string of the molecule is CCCC[C@H](CC)CNC(=O)C1CCN(S(=O)(=O)Cc2ccccc2)CC1. The largest absolute Gasteiger partial charge is 0.356 e. The smallest absolute Gasteiger partial charge is 0.223 e. The van der Waals surface area contributed by atoms with Gasteiger partial charge >= 0.3 is 0 Å². The predicted octanol–water partition coefficient (Wildman–Crippen LogP) is 3.56. The van der Waals surface area contributed by atoms with Gasteiger partial charge in [0.25, 0.3) is 0 Å². The van der Waals surface area contributed by atoms with E-state index in [4.69, 9.17) is 0 Å². The fourth-order valence-electron chi connectivity index (χ4n) is 3.60. The van der Waals surface area contributed by atoms with E-state index in [2.05, 4.69) is 19.2 Å². The second-order valence-corrected chi connectivity index (χ2v) is 9.55. The molecule has 1 saturated heterocycles. The van der Waals surface area contributed by atoms with Gasteiger partial charge in [0.1, 0.15) is 0 Å². The zero-order chi connectivity index (χ0) is 19.7. The van der Waals surface area contributed by atoms with Gasteiger partial charge in [-0.3, -0.25) is 4.79 Å². The lowest BCUT2D eigenvalue weighted by Gasteiger charge is -2.31. The molecule has 2 rings (SSSR count). The van der Waals surface area contributed by atoms with Crippen LogP contribution in [0.15, 0.2) is 30.3 Å². The average molecular weight is 395 g/mol. The van der Waals surface area contributed by atoms with Crippen LogP contribution in [0.1, 0.15) is 57.9 Å². The van der Waals surface area contributed by atoms with Gasteiger partial charge in [0.05, 0.1) is 5.75 Å². The van der Waals surface area contributed by atoms with Crippen molar-refractivity contribution in [3.8, 4) is 0 Å². The van der Waals surface area contributed by atoms with Gasteiger partial charge in [-0.1, -0.05) is 63.4 Å². The second kappa shape index (κ2) is 10.8.